The number of ether oxygens (including phenoxy) is 3. The zero-order chi connectivity index (χ0) is 18.4. The van der Waals surface area contributed by atoms with Gasteiger partial charge >= 0.3 is 0 Å². The molecule has 1 amide bonds. The van der Waals surface area contributed by atoms with Crippen molar-refractivity contribution in [3.8, 4) is 11.5 Å². The van der Waals surface area contributed by atoms with Gasteiger partial charge in [-0.05, 0) is 51.0 Å². The number of hydrogen-bond acceptors (Lipinski definition) is 4. The van der Waals surface area contributed by atoms with Crippen LogP contribution in [0.3, 0.4) is 0 Å². The van der Waals surface area contributed by atoms with E-state index in [1.165, 1.54) is 0 Å². The summed E-state index contributed by atoms with van der Waals surface area (Å²) >= 11 is 0. The summed E-state index contributed by atoms with van der Waals surface area (Å²) in [4.78, 5) is 12.4. The van der Waals surface area contributed by atoms with Gasteiger partial charge < -0.3 is 19.5 Å². The fourth-order valence-corrected chi connectivity index (χ4v) is 2.75. The highest BCUT2D eigenvalue weighted by Gasteiger charge is 2.17. The lowest BCUT2D eigenvalue weighted by Crippen LogP contribution is -2.30. The van der Waals surface area contributed by atoms with Gasteiger partial charge in [0.25, 0.3) is 5.91 Å². The average molecular weight is 355 g/mol. The molecule has 0 unspecified atom stereocenters. The molecule has 0 radical (unpaired) electrons. The number of benzene rings is 2. The van der Waals surface area contributed by atoms with E-state index >= 15 is 0 Å². The SMILES string of the molecule is Cc1ccc(O[C@H](C)C(=O)Nc2cccc(OC[C@H]3CCCO3)c2)cc1. The molecule has 5 nitrogen and oxygen atoms in total. The average Bonchev–Trinajstić information content (AvgIpc) is 3.16. The second kappa shape index (κ2) is 8.72. The van der Waals surface area contributed by atoms with E-state index in [4.69, 9.17) is 14.2 Å². The molecular formula is C21H25NO4. The maximum absolute atomic E-state index is 12.4. The number of hydrogen-bond donors (Lipinski definition) is 1. The van der Waals surface area contributed by atoms with Gasteiger partial charge in [0.05, 0.1) is 6.10 Å². The number of amides is 1. The molecule has 1 aliphatic heterocycles. The second-order valence-corrected chi connectivity index (χ2v) is 6.54. The van der Waals surface area contributed by atoms with Crippen LogP contribution >= 0.6 is 0 Å². The summed E-state index contributed by atoms with van der Waals surface area (Å²) in [6.07, 6.45) is 1.68. The zero-order valence-electron chi connectivity index (χ0n) is 15.2. The number of carbonyl (C=O) groups excluding carboxylic acids is 1. The van der Waals surface area contributed by atoms with Crippen LogP contribution in [-0.4, -0.2) is 31.3 Å². The highest BCUT2D eigenvalue weighted by molar-refractivity contribution is 5.94. The van der Waals surface area contributed by atoms with Crippen LogP contribution in [0.25, 0.3) is 0 Å². The fraction of sp³-hybridized carbons (Fsp3) is 0.381. The molecule has 0 aromatic heterocycles. The van der Waals surface area contributed by atoms with Crippen LogP contribution in [0.5, 0.6) is 11.5 Å². The van der Waals surface area contributed by atoms with Crippen LogP contribution in [0.15, 0.2) is 48.5 Å². The lowest BCUT2D eigenvalue weighted by molar-refractivity contribution is -0.122. The lowest BCUT2D eigenvalue weighted by Gasteiger charge is -2.16. The van der Waals surface area contributed by atoms with Crippen molar-refractivity contribution in [2.75, 3.05) is 18.5 Å². The Bertz CT molecular complexity index is 723. The summed E-state index contributed by atoms with van der Waals surface area (Å²) in [5.41, 5.74) is 1.83. The largest absolute Gasteiger partial charge is 0.491 e. The third kappa shape index (κ3) is 5.23. The Kier molecular flexibility index (Phi) is 6.12. The van der Waals surface area contributed by atoms with Gasteiger partial charge in [-0.2, -0.15) is 0 Å². The van der Waals surface area contributed by atoms with E-state index in [1.807, 2.05) is 55.5 Å². The number of rotatable bonds is 7. The monoisotopic (exact) mass is 355 g/mol. The Morgan fingerprint density at radius 3 is 2.77 bits per heavy atom. The molecule has 1 aliphatic rings. The van der Waals surface area contributed by atoms with Crippen LogP contribution in [0.4, 0.5) is 5.69 Å². The van der Waals surface area contributed by atoms with E-state index in [0.29, 0.717) is 23.8 Å². The van der Waals surface area contributed by atoms with E-state index in [-0.39, 0.29) is 12.0 Å². The van der Waals surface area contributed by atoms with Crippen LogP contribution < -0.4 is 14.8 Å². The van der Waals surface area contributed by atoms with Crippen molar-refractivity contribution >= 4 is 11.6 Å². The molecule has 0 aliphatic carbocycles. The van der Waals surface area contributed by atoms with Crippen molar-refractivity contribution in [1.29, 1.82) is 0 Å². The Labute approximate surface area is 154 Å². The quantitative estimate of drug-likeness (QED) is 0.817. The lowest BCUT2D eigenvalue weighted by atomic mass is 10.2. The van der Waals surface area contributed by atoms with Crippen molar-refractivity contribution in [2.45, 2.75) is 38.9 Å². The highest BCUT2D eigenvalue weighted by atomic mass is 16.5. The van der Waals surface area contributed by atoms with E-state index < -0.39 is 6.10 Å². The second-order valence-electron chi connectivity index (χ2n) is 6.54. The standard InChI is InChI=1S/C21H25NO4/c1-15-8-10-18(11-9-15)26-16(2)21(23)22-17-5-3-6-19(13-17)25-14-20-7-4-12-24-20/h3,5-6,8-11,13,16,20H,4,7,12,14H2,1-2H3,(H,22,23)/t16-,20-/m1/s1. The van der Waals surface area contributed by atoms with Crippen molar-refractivity contribution in [1.82, 2.24) is 0 Å². The van der Waals surface area contributed by atoms with E-state index in [2.05, 4.69) is 5.32 Å². The maximum atomic E-state index is 12.4. The minimum absolute atomic E-state index is 0.163. The third-order valence-electron chi connectivity index (χ3n) is 4.26. The zero-order valence-corrected chi connectivity index (χ0v) is 15.2. The Morgan fingerprint density at radius 1 is 1.23 bits per heavy atom. The topological polar surface area (TPSA) is 56.8 Å². The summed E-state index contributed by atoms with van der Waals surface area (Å²) in [5.74, 6) is 1.18. The van der Waals surface area contributed by atoms with Gasteiger partial charge in [0.1, 0.15) is 18.1 Å². The maximum Gasteiger partial charge on any atom is 0.265 e. The Hall–Kier alpha value is -2.53. The van der Waals surface area contributed by atoms with Crippen molar-refractivity contribution in [3.05, 3.63) is 54.1 Å². The summed E-state index contributed by atoms with van der Waals surface area (Å²) in [6.45, 7) is 5.08. The third-order valence-corrected chi connectivity index (χ3v) is 4.26. The summed E-state index contributed by atoms with van der Waals surface area (Å²) in [6, 6.07) is 15.0. The fourth-order valence-electron chi connectivity index (χ4n) is 2.75. The molecule has 1 N–H and O–H groups in total. The molecule has 2 aromatic rings. The van der Waals surface area contributed by atoms with Gasteiger partial charge in [-0.15, -0.1) is 0 Å². The first kappa shape index (κ1) is 18.3. The van der Waals surface area contributed by atoms with Gasteiger partial charge in [-0.25, -0.2) is 0 Å². The molecule has 5 heteroatoms. The summed E-state index contributed by atoms with van der Waals surface area (Å²) in [7, 11) is 0. The first-order valence-corrected chi connectivity index (χ1v) is 8.99. The highest BCUT2D eigenvalue weighted by Crippen LogP contribution is 2.20. The molecule has 1 fully saturated rings. The molecule has 3 rings (SSSR count). The smallest absolute Gasteiger partial charge is 0.265 e. The number of aryl methyl sites for hydroxylation is 1. The predicted molar refractivity (Wildman–Crippen MR) is 101 cm³/mol. The molecule has 0 bridgehead atoms. The molecule has 1 saturated heterocycles. The number of carbonyl (C=O) groups is 1. The Balaban J connectivity index is 1.52. The molecule has 2 aromatic carbocycles. The minimum Gasteiger partial charge on any atom is -0.491 e. The summed E-state index contributed by atoms with van der Waals surface area (Å²) in [5, 5.41) is 2.87. The molecule has 1 heterocycles. The van der Waals surface area contributed by atoms with Gasteiger partial charge in [-0.3, -0.25) is 4.79 Å². The van der Waals surface area contributed by atoms with Gasteiger partial charge in [-0.1, -0.05) is 23.8 Å². The first-order valence-electron chi connectivity index (χ1n) is 8.99. The predicted octanol–water partition coefficient (Wildman–Crippen LogP) is 3.96. The van der Waals surface area contributed by atoms with Gasteiger partial charge in [0.2, 0.25) is 0 Å². The van der Waals surface area contributed by atoms with Gasteiger partial charge in [0.15, 0.2) is 6.10 Å². The van der Waals surface area contributed by atoms with Crippen molar-refractivity contribution < 1.29 is 19.0 Å². The molecule has 0 spiro atoms. The summed E-state index contributed by atoms with van der Waals surface area (Å²) < 4.78 is 17.0. The normalized spacial score (nSPS) is 17.5. The van der Waals surface area contributed by atoms with Crippen LogP contribution in [-0.2, 0) is 9.53 Å². The van der Waals surface area contributed by atoms with Crippen LogP contribution in [0.2, 0.25) is 0 Å². The molecule has 0 saturated carbocycles. The van der Waals surface area contributed by atoms with Gasteiger partial charge in [0, 0.05) is 18.4 Å². The molecular weight excluding hydrogens is 330 g/mol. The molecule has 2 atom stereocenters. The van der Waals surface area contributed by atoms with Crippen molar-refractivity contribution in [3.63, 3.8) is 0 Å². The van der Waals surface area contributed by atoms with E-state index in [1.54, 1.807) is 6.92 Å². The minimum atomic E-state index is -0.603. The van der Waals surface area contributed by atoms with E-state index in [9.17, 15) is 4.79 Å². The van der Waals surface area contributed by atoms with E-state index in [0.717, 1.165) is 25.0 Å². The van der Waals surface area contributed by atoms with Crippen LogP contribution in [0.1, 0.15) is 25.3 Å². The number of anilines is 1. The van der Waals surface area contributed by atoms with Crippen LogP contribution in [0, 0.1) is 6.92 Å². The molecule has 138 valence electrons. The Morgan fingerprint density at radius 2 is 2.04 bits per heavy atom. The first-order chi connectivity index (χ1) is 12.6. The molecule has 26 heavy (non-hydrogen) atoms. The van der Waals surface area contributed by atoms with Crippen molar-refractivity contribution in [2.24, 2.45) is 0 Å². The number of nitrogens with one attached hydrogen (secondary N) is 1.